The van der Waals surface area contributed by atoms with Crippen LogP contribution >= 0.6 is 0 Å². The maximum Gasteiger partial charge on any atom is 0.382 e. The molecule has 0 N–H and O–H groups in total. The summed E-state index contributed by atoms with van der Waals surface area (Å²) in [6, 6.07) is 2.92. The van der Waals surface area contributed by atoms with E-state index in [0.29, 0.717) is 0 Å². The van der Waals surface area contributed by atoms with Crippen LogP contribution in [0, 0.1) is 0 Å². The second-order valence-corrected chi connectivity index (χ2v) is 1.89. The fourth-order valence-electron chi connectivity index (χ4n) is 0.578. The largest absolute Gasteiger partial charge is 0.457 e. The van der Waals surface area contributed by atoms with Crippen molar-refractivity contribution in [2.75, 3.05) is 0 Å². The molecule has 4 nitrogen and oxygen atoms in total. The molecular weight excluding hydrogens is 160 g/mol. The van der Waals surface area contributed by atoms with E-state index in [1.54, 1.807) is 0 Å². The minimum atomic E-state index is -0.815. The van der Waals surface area contributed by atoms with Crippen molar-refractivity contribution in [3.8, 4) is 0 Å². The van der Waals surface area contributed by atoms with Crippen molar-refractivity contribution in [1.82, 2.24) is 0 Å². The Morgan fingerprint density at radius 2 is 2.33 bits per heavy atom. The van der Waals surface area contributed by atoms with Gasteiger partial charge in [0.05, 0.1) is 6.26 Å². The van der Waals surface area contributed by atoms with Crippen molar-refractivity contribution >= 4 is 11.9 Å². The normalized spacial score (nSPS) is 9.00. The van der Waals surface area contributed by atoms with Gasteiger partial charge in [-0.25, -0.2) is 9.59 Å². The predicted molar refractivity (Wildman–Crippen MR) is 39.3 cm³/mol. The number of hydrogen-bond donors (Lipinski definition) is 0. The zero-order valence-corrected chi connectivity index (χ0v) is 6.15. The number of carbonyl (C=O) groups is 2. The van der Waals surface area contributed by atoms with Gasteiger partial charge < -0.3 is 9.15 Å². The van der Waals surface area contributed by atoms with E-state index in [1.165, 1.54) is 18.4 Å². The van der Waals surface area contributed by atoms with Crippen LogP contribution in [0.15, 0.2) is 35.5 Å². The van der Waals surface area contributed by atoms with Crippen LogP contribution in [0.4, 0.5) is 0 Å². The molecule has 1 heterocycles. The van der Waals surface area contributed by atoms with E-state index >= 15 is 0 Å². The monoisotopic (exact) mass is 166 g/mol. The fourth-order valence-corrected chi connectivity index (χ4v) is 0.578. The van der Waals surface area contributed by atoms with Gasteiger partial charge in [-0.3, -0.25) is 0 Å². The lowest BCUT2D eigenvalue weighted by Gasteiger charge is -1.94. The second-order valence-electron chi connectivity index (χ2n) is 1.89. The smallest absolute Gasteiger partial charge is 0.382 e. The molecule has 0 aromatic carbocycles. The van der Waals surface area contributed by atoms with Gasteiger partial charge in [0.1, 0.15) is 0 Å². The predicted octanol–water partition coefficient (Wildman–Crippen LogP) is 1.15. The summed E-state index contributed by atoms with van der Waals surface area (Å²) in [7, 11) is 0. The summed E-state index contributed by atoms with van der Waals surface area (Å²) in [5.74, 6) is -1.62. The molecule has 0 aliphatic carbocycles. The van der Waals surface area contributed by atoms with Gasteiger partial charge in [-0.15, -0.1) is 0 Å². The van der Waals surface area contributed by atoms with Crippen molar-refractivity contribution in [3.05, 3.63) is 36.8 Å². The lowest BCUT2D eigenvalue weighted by molar-refractivity contribution is -0.132. The molecule has 0 aliphatic heterocycles. The van der Waals surface area contributed by atoms with Crippen molar-refractivity contribution in [3.63, 3.8) is 0 Å². The van der Waals surface area contributed by atoms with Crippen LogP contribution in [0.2, 0.25) is 0 Å². The van der Waals surface area contributed by atoms with E-state index in [0.717, 1.165) is 6.08 Å². The molecule has 0 spiro atoms. The first-order chi connectivity index (χ1) is 5.74. The lowest BCUT2D eigenvalue weighted by atomic mass is 10.4. The molecule has 0 fully saturated rings. The highest BCUT2D eigenvalue weighted by Crippen LogP contribution is 2.02. The molecule has 0 aliphatic rings. The van der Waals surface area contributed by atoms with Gasteiger partial charge in [-0.1, -0.05) is 6.58 Å². The molecular formula is C8H6O4. The van der Waals surface area contributed by atoms with Crippen LogP contribution in [-0.2, 0) is 9.53 Å². The Morgan fingerprint density at radius 3 is 2.83 bits per heavy atom. The highest BCUT2D eigenvalue weighted by molar-refractivity contribution is 5.98. The molecule has 0 saturated heterocycles. The third-order valence-corrected chi connectivity index (χ3v) is 1.08. The summed E-state index contributed by atoms with van der Waals surface area (Å²) < 4.78 is 8.93. The van der Waals surface area contributed by atoms with Crippen LogP contribution in [0.3, 0.4) is 0 Å². The molecule has 0 atom stereocenters. The number of carbonyl (C=O) groups excluding carboxylic acids is 2. The molecule has 0 bridgehead atoms. The molecule has 0 amide bonds. The van der Waals surface area contributed by atoms with Gasteiger partial charge in [0, 0.05) is 6.08 Å². The van der Waals surface area contributed by atoms with E-state index in [2.05, 4.69) is 15.7 Å². The lowest BCUT2D eigenvalue weighted by Crippen LogP contribution is -2.08. The van der Waals surface area contributed by atoms with Crippen LogP contribution in [0.1, 0.15) is 10.6 Å². The fraction of sp³-hybridized carbons (Fsp3) is 0. The van der Waals surface area contributed by atoms with Crippen molar-refractivity contribution in [1.29, 1.82) is 0 Å². The summed E-state index contributed by atoms with van der Waals surface area (Å²) >= 11 is 0. The molecule has 0 unspecified atom stereocenters. The number of ether oxygens (including phenoxy) is 1. The first-order valence-electron chi connectivity index (χ1n) is 3.16. The topological polar surface area (TPSA) is 56.5 Å². The first kappa shape index (κ1) is 8.26. The summed E-state index contributed by atoms with van der Waals surface area (Å²) in [6.45, 7) is 3.14. The van der Waals surface area contributed by atoms with E-state index in [-0.39, 0.29) is 5.76 Å². The van der Waals surface area contributed by atoms with Gasteiger partial charge in [-0.05, 0) is 12.1 Å². The Balaban J connectivity index is 2.62. The molecule has 4 heteroatoms. The van der Waals surface area contributed by atoms with Crippen LogP contribution in [0.25, 0.3) is 0 Å². The standard InChI is InChI=1S/C8H6O4/c1-2-7(9)12-8(10)6-4-3-5-11-6/h2-5H,1H2. The van der Waals surface area contributed by atoms with E-state index in [1.807, 2.05) is 0 Å². The third-order valence-electron chi connectivity index (χ3n) is 1.08. The number of furan rings is 1. The van der Waals surface area contributed by atoms with Gasteiger partial charge in [0.15, 0.2) is 0 Å². The second kappa shape index (κ2) is 3.52. The van der Waals surface area contributed by atoms with E-state index in [9.17, 15) is 9.59 Å². The van der Waals surface area contributed by atoms with Crippen LogP contribution < -0.4 is 0 Å². The number of rotatable bonds is 2. The first-order valence-corrected chi connectivity index (χ1v) is 3.16. The SMILES string of the molecule is C=CC(=O)OC(=O)c1ccco1. The van der Waals surface area contributed by atoms with Crippen LogP contribution in [0.5, 0.6) is 0 Å². The average Bonchev–Trinajstić information content (AvgIpc) is 2.56. The van der Waals surface area contributed by atoms with E-state index < -0.39 is 11.9 Å². The van der Waals surface area contributed by atoms with Crippen LogP contribution in [-0.4, -0.2) is 11.9 Å². The zero-order chi connectivity index (χ0) is 8.97. The van der Waals surface area contributed by atoms with Gasteiger partial charge in [-0.2, -0.15) is 0 Å². The number of esters is 2. The Labute approximate surface area is 68.4 Å². The minimum Gasteiger partial charge on any atom is -0.457 e. The maximum absolute atomic E-state index is 10.9. The Bertz CT molecular complexity index is 297. The Morgan fingerprint density at radius 1 is 1.58 bits per heavy atom. The maximum atomic E-state index is 10.9. The molecule has 1 aromatic rings. The summed E-state index contributed by atoms with van der Waals surface area (Å²) in [5.41, 5.74) is 0. The molecule has 12 heavy (non-hydrogen) atoms. The highest BCUT2D eigenvalue weighted by Gasteiger charge is 2.12. The average molecular weight is 166 g/mol. The molecule has 0 radical (unpaired) electrons. The molecule has 1 aromatic heterocycles. The minimum absolute atomic E-state index is 0.00907. The Hall–Kier alpha value is -1.84. The quantitative estimate of drug-likeness (QED) is 0.375. The van der Waals surface area contributed by atoms with Gasteiger partial charge in [0.2, 0.25) is 5.76 Å². The summed E-state index contributed by atoms with van der Waals surface area (Å²) in [5, 5.41) is 0. The zero-order valence-electron chi connectivity index (χ0n) is 6.15. The molecule has 62 valence electrons. The van der Waals surface area contributed by atoms with Crippen molar-refractivity contribution < 1.29 is 18.7 Å². The summed E-state index contributed by atoms with van der Waals surface area (Å²) in [4.78, 5) is 21.4. The van der Waals surface area contributed by atoms with Crippen molar-refractivity contribution in [2.45, 2.75) is 0 Å². The van der Waals surface area contributed by atoms with Gasteiger partial charge >= 0.3 is 11.9 Å². The molecule has 0 saturated carbocycles. The summed E-state index contributed by atoms with van der Waals surface area (Å²) in [6.07, 6.45) is 2.22. The van der Waals surface area contributed by atoms with Crippen molar-refractivity contribution in [2.24, 2.45) is 0 Å². The van der Waals surface area contributed by atoms with E-state index in [4.69, 9.17) is 0 Å². The Kier molecular flexibility index (Phi) is 2.42. The molecule has 1 rings (SSSR count). The highest BCUT2D eigenvalue weighted by atomic mass is 16.6. The number of hydrogen-bond acceptors (Lipinski definition) is 4. The third kappa shape index (κ3) is 1.82. The van der Waals surface area contributed by atoms with Gasteiger partial charge in [0.25, 0.3) is 0 Å².